The Morgan fingerprint density at radius 3 is 2.75 bits per heavy atom. The van der Waals surface area contributed by atoms with Gasteiger partial charge in [0, 0.05) is 33.3 Å². The van der Waals surface area contributed by atoms with Crippen molar-refractivity contribution in [2.24, 2.45) is 0 Å². The van der Waals surface area contributed by atoms with Crippen LogP contribution in [0.2, 0.25) is 5.02 Å². The molecule has 0 radical (unpaired) electrons. The highest BCUT2D eigenvalue weighted by Crippen LogP contribution is 2.36. The van der Waals surface area contributed by atoms with E-state index in [0.29, 0.717) is 22.2 Å². The molecule has 0 aliphatic rings. The minimum absolute atomic E-state index is 0.544. The summed E-state index contributed by atoms with van der Waals surface area (Å²) in [4.78, 5) is 4.12. The van der Waals surface area contributed by atoms with E-state index in [-0.39, 0.29) is 0 Å². The SMILES string of the molecule is Nc1ccc(Oc2cc(Br)ccc2Cl)c2cnccc12. The second kappa shape index (κ2) is 5.31. The maximum Gasteiger partial charge on any atom is 0.147 e. The number of ether oxygens (including phenoxy) is 1. The van der Waals surface area contributed by atoms with Crippen molar-refractivity contribution in [3.8, 4) is 11.5 Å². The Morgan fingerprint density at radius 2 is 1.90 bits per heavy atom. The van der Waals surface area contributed by atoms with E-state index in [2.05, 4.69) is 20.9 Å². The van der Waals surface area contributed by atoms with Gasteiger partial charge in [-0.1, -0.05) is 27.5 Å². The van der Waals surface area contributed by atoms with E-state index >= 15 is 0 Å². The van der Waals surface area contributed by atoms with E-state index in [9.17, 15) is 0 Å². The molecule has 0 amide bonds. The molecule has 2 aromatic carbocycles. The van der Waals surface area contributed by atoms with Crippen molar-refractivity contribution >= 4 is 44.0 Å². The zero-order valence-electron chi connectivity index (χ0n) is 10.3. The average Bonchev–Trinajstić information content (AvgIpc) is 2.46. The van der Waals surface area contributed by atoms with Crippen LogP contribution in [0.5, 0.6) is 11.5 Å². The molecule has 20 heavy (non-hydrogen) atoms. The van der Waals surface area contributed by atoms with E-state index in [1.54, 1.807) is 18.5 Å². The van der Waals surface area contributed by atoms with Crippen molar-refractivity contribution in [1.29, 1.82) is 0 Å². The summed E-state index contributed by atoms with van der Waals surface area (Å²) in [5, 5.41) is 2.30. The van der Waals surface area contributed by atoms with Gasteiger partial charge >= 0.3 is 0 Å². The molecule has 100 valence electrons. The summed E-state index contributed by atoms with van der Waals surface area (Å²) in [7, 11) is 0. The largest absolute Gasteiger partial charge is 0.455 e. The Kier molecular flexibility index (Phi) is 3.51. The number of nitrogen functional groups attached to an aromatic ring is 1. The average molecular weight is 350 g/mol. The van der Waals surface area contributed by atoms with Crippen LogP contribution in [0.1, 0.15) is 0 Å². The molecule has 0 aliphatic heterocycles. The van der Waals surface area contributed by atoms with Gasteiger partial charge in [-0.05, 0) is 36.4 Å². The highest BCUT2D eigenvalue weighted by molar-refractivity contribution is 9.10. The van der Waals surface area contributed by atoms with Crippen LogP contribution >= 0.6 is 27.5 Å². The minimum Gasteiger partial charge on any atom is -0.455 e. The van der Waals surface area contributed by atoms with Crippen LogP contribution in [-0.2, 0) is 0 Å². The molecule has 2 N–H and O–H groups in total. The van der Waals surface area contributed by atoms with Gasteiger partial charge in [-0.15, -0.1) is 0 Å². The quantitative estimate of drug-likeness (QED) is 0.660. The fraction of sp³-hybridized carbons (Fsp3) is 0. The highest BCUT2D eigenvalue weighted by atomic mass is 79.9. The summed E-state index contributed by atoms with van der Waals surface area (Å²) in [6.07, 6.45) is 3.43. The van der Waals surface area contributed by atoms with E-state index < -0.39 is 0 Å². The number of fused-ring (bicyclic) bond motifs is 1. The van der Waals surface area contributed by atoms with E-state index in [0.717, 1.165) is 15.2 Å². The third-order valence-electron chi connectivity index (χ3n) is 2.92. The van der Waals surface area contributed by atoms with Crippen molar-refractivity contribution in [2.45, 2.75) is 0 Å². The molecular formula is C15H10BrClN2O. The summed E-state index contributed by atoms with van der Waals surface area (Å²) in [5.74, 6) is 1.25. The molecule has 0 saturated carbocycles. The summed E-state index contributed by atoms with van der Waals surface area (Å²) in [6, 6.07) is 10.9. The van der Waals surface area contributed by atoms with E-state index in [4.69, 9.17) is 22.1 Å². The molecule has 0 fully saturated rings. The fourth-order valence-corrected chi connectivity index (χ4v) is 2.45. The van der Waals surface area contributed by atoms with Crippen molar-refractivity contribution in [2.75, 3.05) is 5.73 Å². The summed E-state index contributed by atoms with van der Waals surface area (Å²) in [6.45, 7) is 0. The van der Waals surface area contributed by atoms with Crippen molar-refractivity contribution in [3.05, 3.63) is 58.3 Å². The lowest BCUT2D eigenvalue weighted by Gasteiger charge is -2.11. The fourth-order valence-electron chi connectivity index (χ4n) is 1.95. The van der Waals surface area contributed by atoms with Gasteiger partial charge in [0.1, 0.15) is 11.5 Å². The number of rotatable bonds is 2. The molecule has 1 aromatic heterocycles. The maximum atomic E-state index is 6.14. The monoisotopic (exact) mass is 348 g/mol. The molecule has 3 nitrogen and oxygen atoms in total. The van der Waals surface area contributed by atoms with Gasteiger partial charge in [0.15, 0.2) is 0 Å². The first-order valence-electron chi connectivity index (χ1n) is 5.90. The standard InChI is InChI=1S/C15H10BrClN2O/c16-9-1-2-12(17)15(7-9)20-14-4-3-13(18)10-5-6-19-8-11(10)14/h1-8H,18H2. The second-order valence-electron chi connectivity index (χ2n) is 4.25. The smallest absolute Gasteiger partial charge is 0.147 e. The van der Waals surface area contributed by atoms with Crippen molar-refractivity contribution in [3.63, 3.8) is 0 Å². The molecule has 3 aromatic rings. The van der Waals surface area contributed by atoms with Crippen LogP contribution in [0.15, 0.2) is 53.3 Å². The third-order valence-corrected chi connectivity index (χ3v) is 3.73. The zero-order valence-corrected chi connectivity index (χ0v) is 12.6. The lowest BCUT2D eigenvalue weighted by atomic mass is 10.1. The maximum absolute atomic E-state index is 6.14. The van der Waals surface area contributed by atoms with Crippen LogP contribution in [0.25, 0.3) is 10.8 Å². The number of hydrogen-bond donors (Lipinski definition) is 1. The minimum atomic E-state index is 0.544. The van der Waals surface area contributed by atoms with Gasteiger partial charge in [-0.2, -0.15) is 0 Å². The molecule has 0 saturated heterocycles. The first-order valence-corrected chi connectivity index (χ1v) is 7.07. The number of pyridine rings is 1. The summed E-state index contributed by atoms with van der Waals surface area (Å²) in [5.41, 5.74) is 6.65. The first-order chi connectivity index (χ1) is 9.65. The Morgan fingerprint density at radius 1 is 1.05 bits per heavy atom. The number of anilines is 1. The lowest BCUT2D eigenvalue weighted by Crippen LogP contribution is -1.92. The topological polar surface area (TPSA) is 48.1 Å². The van der Waals surface area contributed by atoms with Crippen LogP contribution in [0, 0.1) is 0 Å². The molecule has 0 unspecified atom stereocenters. The van der Waals surface area contributed by atoms with Crippen molar-refractivity contribution in [1.82, 2.24) is 4.98 Å². The lowest BCUT2D eigenvalue weighted by molar-refractivity contribution is 0.488. The molecular weight excluding hydrogens is 340 g/mol. The van der Waals surface area contributed by atoms with Crippen LogP contribution in [0.3, 0.4) is 0 Å². The molecule has 1 heterocycles. The Bertz CT molecular complexity index is 792. The molecule has 5 heteroatoms. The number of halogens is 2. The van der Waals surface area contributed by atoms with Crippen LogP contribution in [-0.4, -0.2) is 4.98 Å². The predicted molar refractivity (Wildman–Crippen MR) is 85.4 cm³/mol. The Labute approximate surface area is 129 Å². The molecule has 0 aliphatic carbocycles. The van der Waals surface area contributed by atoms with Gasteiger partial charge in [0.05, 0.1) is 5.02 Å². The number of hydrogen-bond acceptors (Lipinski definition) is 3. The summed E-state index contributed by atoms with van der Waals surface area (Å²) >= 11 is 9.54. The normalized spacial score (nSPS) is 10.7. The molecule has 0 atom stereocenters. The number of benzene rings is 2. The highest BCUT2D eigenvalue weighted by Gasteiger charge is 2.09. The number of nitrogens with zero attached hydrogens (tertiary/aromatic N) is 1. The zero-order chi connectivity index (χ0) is 14.1. The van der Waals surface area contributed by atoms with Crippen LogP contribution in [0.4, 0.5) is 5.69 Å². The van der Waals surface area contributed by atoms with Gasteiger partial charge < -0.3 is 10.5 Å². The molecule has 3 rings (SSSR count). The van der Waals surface area contributed by atoms with Gasteiger partial charge in [-0.3, -0.25) is 4.98 Å². The Hall–Kier alpha value is -1.78. The van der Waals surface area contributed by atoms with E-state index in [1.807, 2.05) is 30.3 Å². The number of aromatic nitrogens is 1. The predicted octanol–water partition coefficient (Wildman–Crippen LogP) is 5.03. The molecule has 0 spiro atoms. The second-order valence-corrected chi connectivity index (χ2v) is 5.57. The van der Waals surface area contributed by atoms with E-state index in [1.165, 1.54) is 0 Å². The third kappa shape index (κ3) is 2.44. The van der Waals surface area contributed by atoms with Crippen LogP contribution < -0.4 is 10.5 Å². The number of nitrogens with two attached hydrogens (primary N) is 1. The van der Waals surface area contributed by atoms with Gasteiger partial charge in [0.25, 0.3) is 0 Å². The Balaban J connectivity index is 2.11. The van der Waals surface area contributed by atoms with Gasteiger partial charge in [-0.25, -0.2) is 0 Å². The molecule has 0 bridgehead atoms. The first kappa shape index (κ1) is 13.2. The van der Waals surface area contributed by atoms with Crippen molar-refractivity contribution < 1.29 is 4.74 Å². The van der Waals surface area contributed by atoms with Gasteiger partial charge in [0.2, 0.25) is 0 Å². The summed E-state index contributed by atoms with van der Waals surface area (Å²) < 4.78 is 6.80.